The molecule has 1 amide bonds. The molecule has 1 aromatic carbocycles. The molecule has 0 aliphatic carbocycles. The smallest absolute Gasteiger partial charge is 0.227 e. The van der Waals surface area contributed by atoms with Crippen LogP contribution in [0.2, 0.25) is 0 Å². The fourth-order valence-corrected chi connectivity index (χ4v) is 2.66. The molecular formula is C14H13ClN2O. The van der Waals surface area contributed by atoms with Gasteiger partial charge in [0, 0.05) is 36.6 Å². The molecule has 1 unspecified atom stereocenters. The average molecular weight is 261 g/mol. The first-order valence-corrected chi connectivity index (χ1v) is 6.52. The summed E-state index contributed by atoms with van der Waals surface area (Å²) in [7, 11) is 0. The Hall–Kier alpha value is -1.61. The van der Waals surface area contributed by atoms with Crippen LogP contribution in [-0.2, 0) is 4.79 Å². The van der Waals surface area contributed by atoms with Crippen molar-refractivity contribution in [1.29, 1.82) is 0 Å². The lowest BCUT2D eigenvalue weighted by atomic mass is 10.1. The predicted octanol–water partition coefficient (Wildman–Crippen LogP) is 2.83. The molecular weight excluding hydrogens is 248 g/mol. The molecule has 3 nitrogen and oxygen atoms in total. The van der Waals surface area contributed by atoms with Crippen LogP contribution in [0.15, 0.2) is 36.7 Å². The first-order valence-electron chi connectivity index (χ1n) is 5.98. The van der Waals surface area contributed by atoms with Crippen LogP contribution in [0.3, 0.4) is 0 Å². The van der Waals surface area contributed by atoms with Crippen LogP contribution in [0.4, 0.5) is 5.69 Å². The highest BCUT2D eigenvalue weighted by Gasteiger charge is 2.30. The number of amides is 1. The fraction of sp³-hybridized carbons (Fsp3) is 0.286. The van der Waals surface area contributed by atoms with E-state index in [1.165, 1.54) is 0 Å². The molecule has 2 heterocycles. The zero-order valence-electron chi connectivity index (χ0n) is 9.84. The number of anilines is 1. The van der Waals surface area contributed by atoms with E-state index in [0.717, 1.165) is 16.5 Å². The molecule has 0 spiro atoms. The monoisotopic (exact) mass is 260 g/mol. The summed E-state index contributed by atoms with van der Waals surface area (Å²) in [4.78, 5) is 18.0. The van der Waals surface area contributed by atoms with E-state index in [1.807, 2.05) is 35.4 Å². The van der Waals surface area contributed by atoms with Gasteiger partial charge >= 0.3 is 0 Å². The van der Waals surface area contributed by atoms with Crippen molar-refractivity contribution in [3.63, 3.8) is 0 Å². The van der Waals surface area contributed by atoms with Crippen molar-refractivity contribution in [2.75, 3.05) is 17.3 Å². The predicted molar refractivity (Wildman–Crippen MR) is 72.9 cm³/mol. The van der Waals surface area contributed by atoms with Gasteiger partial charge in [-0.25, -0.2) is 0 Å². The molecule has 18 heavy (non-hydrogen) atoms. The molecule has 1 aromatic heterocycles. The third kappa shape index (κ3) is 1.85. The lowest BCUT2D eigenvalue weighted by molar-refractivity contribution is -0.117. The molecule has 1 aliphatic heterocycles. The summed E-state index contributed by atoms with van der Waals surface area (Å²) in [5.74, 6) is 0.939. The van der Waals surface area contributed by atoms with Gasteiger partial charge in [0.2, 0.25) is 5.91 Å². The lowest BCUT2D eigenvalue weighted by Crippen LogP contribution is -2.24. The van der Waals surface area contributed by atoms with Crippen LogP contribution in [0, 0.1) is 5.92 Å². The third-order valence-electron chi connectivity index (χ3n) is 3.37. The summed E-state index contributed by atoms with van der Waals surface area (Å²) < 4.78 is 0. The van der Waals surface area contributed by atoms with Crippen molar-refractivity contribution in [1.82, 2.24) is 4.98 Å². The van der Waals surface area contributed by atoms with Crippen LogP contribution in [0.1, 0.15) is 6.42 Å². The number of benzene rings is 1. The van der Waals surface area contributed by atoms with Crippen LogP contribution < -0.4 is 4.90 Å². The number of pyridine rings is 1. The zero-order valence-corrected chi connectivity index (χ0v) is 10.6. The first-order chi connectivity index (χ1) is 8.79. The molecule has 1 atom stereocenters. The van der Waals surface area contributed by atoms with E-state index < -0.39 is 0 Å². The number of hydrogen-bond donors (Lipinski definition) is 0. The molecule has 0 bridgehead atoms. The minimum atomic E-state index is 0.150. The van der Waals surface area contributed by atoms with Crippen LogP contribution >= 0.6 is 11.6 Å². The molecule has 2 aromatic rings. The summed E-state index contributed by atoms with van der Waals surface area (Å²) >= 11 is 5.85. The molecule has 0 radical (unpaired) electrons. The molecule has 1 fully saturated rings. The SMILES string of the molecule is O=C1CC(CCl)CN1c1cccc2ccncc12. The van der Waals surface area contributed by atoms with Gasteiger partial charge in [0.1, 0.15) is 0 Å². The van der Waals surface area contributed by atoms with E-state index in [1.54, 1.807) is 6.20 Å². The highest BCUT2D eigenvalue weighted by Crippen LogP contribution is 2.31. The second kappa shape index (κ2) is 4.58. The van der Waals surface area contributed by atoms with Crippen molar-refractivity contribution in [3.8, 4) is 0 Å². The Labute approximate surface area is 110 Å². The summed E-state index contributed by atoms with van der Waals surface area (Å²) in [6.07, 6.45) is 4.12. The molecule has 92 valence electrons. The van der Waals surface area contributed by atoms with Gasteiger partial charge in [-0.2, -0.15) is 0 Å². The number of hydrogen-bond acceptors (Lipinski definition) is 2. The maximum absolute atomic E-state index is 12.0. The minimum Gasteiger partial charge on any atom is -0.311 e. The number of nitrogens with zero attached hydrogens (tertiary/aromatic N) is 2. The van der Waals surface area contributed by atoms with Crippen molar-refractivity contribution in [2.24, 2.45) is 5.92 Å². The number of carbonyl (C=O) groups excluding carboxylic acids is 1. The number of halogens is 1. The first kappa shape index (κ1) is 11.5. The van der Waals surface area contributed by atoms with Gasteiger partial charge in [0.15, 0.2) is 0 Å². The Bertz CT molecular complexity index is 594. The maximum atomic E-state index is 12.0. The number of carbonyl (C=O) groups is 1. The average Bonchev–Trinajstić information content (AvgIpc) is 2.79. The Kier molecular flexibility index (Phi) is 2.92. The minimum absolute atomic E-state index is 0.150. The molecule has 0 N–H and O–H groups in total. The van der Waals surface area contributed by atoms with Gasteiger partial charge in [-0.1, -0.05) is 12.1 Å². The Balaban J connectivity index is 2.07. The summed E-state index contributed by atoms with van der Waals surface area (Å²) in [6.45, 7) is 0.705. The summed E-state index contributed by atoms with van der Waals surface area (Å²) in [5, 5.41) is 2.12. The van der Waals surface area contributed by atoms with E-state index in [9.17, 15) is 4.79 Å². The van der Waals surface area contributed by atoms with Crippen LogP contribution in [-0.4, -0.2) is 23.3 Å². The molecule has 3 rings (SSSR count). The number of alkyl halides is 1. The topological polar surface area (TPSA) is 33.2 Å². The third-order valence-corrected chi connectivity index (χ3v) is 3.81. The van der Waals surface area contributed by atoms with E-state index in [0.29, 0.717) is 18.8 Å². The van der Waals surface area contributed by atoms with Gasteiger partial charge in [0.05, 0.1) is 5.69 Å². The van der Waals surface area contributed by atoms with E-state index in [2.05, 4.69) is 4.98 Å². The number of rotatable bonds is 2. The fourth-order valence-electron chi connectivity index (χ4n) is 2.45. The van der Waals surface area contributed by atoms with Gasteiger partial charge in [-0.3, -0.25) is 9.78 Å². The maximum Gasteiger partial charge on any atom is 0.227 e. The standard InChI is InChI=1S/C14H13ClN2O/c15-7-10-6-14(18)17(9-10)13-3-1-2-11-4-5-16-8-12(11)13/h1-5,8,10H,6-7,9H2. The normalized spacial score (nSPS) is 19.7. The van der Waals surface area contributed by atoms with Crippen molar-refractivity contribution >= 4 is 34.0 Å². The van der Waals surface area contributed by atoms with Gasteiger partial charge in [0.25, 0.3) is 0 Å². The Morgan fingerprint density at radius 3 is 3.06 bits per heavy atom. The Morgan fingerprint density at radius 2 is 2.28 bits per heavy atom. The van der Waals surface area contributed by atoms with Gasteiger partial charge in [-0.05, 0) is 23.4 Å². The van der Waals surface area contributed by atoms with E-state index >= 15 is 0 Å². The highest BCUT2D eigenvalue weighted by atomic mass is 35.5. The second-order valence-electron chi connectivity index (χ2n) is 4.60. The zero-order chi connectivity index (χ0) is 12.5. The highest BCUT2D eigenvalue weighted by molar-refractivity contribution is 6.18. The Morgan fingerprint density at radius 1 is 1.39 bits per heavy atom. The summed E-state index contributed by atoms with van der Waals surface area (Å²) in [5.41, 5.74) is 0.943. The van der Waals surface area contributed by atoms with Gasteiger partial charge in [-0.15, -0.1) is 11.6 Å². The second-order valence-corrected chi connectivity index (χ2v) is 4.91. The van der Waals surface area contributed by atoms with E-state index in [-0.39, 0.29) is 11.8 Å². The molecule has 4 heteroatoms. The lowest BCUT2D eigenvalue weighted by Gasteiger charge is -2.18. The van der Waals surface area contributed by atoms with Crippen molar-refractivity contribution in [3.05, 3.63) is 36.7 Å². The van der Waals surface area contributed by atoms with Gasteiger partial charge < -0.3 is 4.90 Å². The van der Waals surface area contributed by atoms with Crippen molar-refractivity contribution < 1.29 is 4.79 Å². The quantitative estimate of drug-likeness (QED) is 0.778. The molecule has 1 saturated heterocycles. The van der Waals surface area contributed by atoms with Crippen LogP contribution in [0.25, 0.3) is 10.8 Å². The molecule has 1 aliphatic rings. The number of fused-ring (bicyclic) bond motifs is 1. The number of aromatic nitrogens is 1. The van der Waals surface area contributed by atoms with E-state index in [4.69, 9.17) is 11.6 Å². The van der Waals surface area contributed by atoms with Crippen molar-refractivity contribution in [2.45, 2.75) is 6.42 Å². The summed E-state index contributed by atoms with van der Waals surface area (Å²) in [6, 6.07) is 7.93. The largest absolute Gasteiger partial charge is 0.311 e. The van der Waals surface area contributed by atoms with Crippen LogP contribution in [0.5, 0.6) is 0 Å². The molecule has 0 saturated carbocycles.